The first-order valence-corrected chi connectivity index (χ1v) is 12.5. The number of nitrogens with one attached hydrogen (secondary N) is 1. The van der Waals surface area contributed by atoms with E-state index in [1.54, 1.807) is 18.2 Å². The summed E-state index contributed by atoms with van der Waals surface area (Å²) in [6.45, 7) is 4.31. The van der Waals surface area contributed by atoms with Gasteiger partial charge in [-0.05, 0) is 36.6 Å². The minimum atomic E-state index is -3.49. The molecule has 2 aromatic carbocycles. The summed E-state index contributed by atoms with van der Waals surface area (Å²) < 4.78 is 35.0. The maximum Gasteiger partial charge on any atom is 0.301 e. The molecule has 10 heteroatoms. The molecular weight excluding hydrogens is 482 g/mol. The Labute approximate surface area is 213 Å². The summed E-state index contributed by atoms with van der Waals surface area (Å²) in [5.74, 6) is -3.61. The molecule has 4 N–H and O–H groups in total. The zero-order valence-corrected chi connectivity index (χ0v) is 20.7. The fourth-order valence-electron chi connectivity index (χ4n) is 5.60. The molecule has 0 bridgehead atoms. The average Bonchev–Trinajstić information content (AvgIpc) is 3.08. The fraction of sp³-hybridized carbons (Fsp3) is 0.444. The molecule has 196 valence electrons. The summed E-state index contributed by atoms with van der Waals surface area (Å²) >= 11 is 0. The maximum absolute atomic E-state index is 14.6. The van der Waals surface area contributed by atoms with Gasteiger partial charge in [-0.15, -0.1) is 0 Å². The number of aliphatic hydroxyl groups excluding tert-OH is 1. The summed E-state index contributed by atoms with van der Waals surface area (Å²) in [4.78, 5) is 32.6. The standard InChI is InChI=1S/C27H30F2N4O4/c1-3-26(4-2)14-21(34)33(25(30)32-26)19-11-12-37-20-10-9-15(13-17(19)20)24(36)31-22-16-7-5-6-8-18(16)27(28,29)23(22)35/h5-10,13,19,22-23,35H,3-4,11-12,14H2,1-2H3,(H2,30,32)(H,31,36)/t19-,22+,23-/m1/s1. The second-order valence-electron chi connectivity index (χ2n) is 9.85. The molecule has 5 rings (SSSR count). The molecule has 37 heavy (non-hydrogen) atoms. The van der Waals surface area contributed by atoms with Gasteiger partial charge in [0.1, 0.15) is 11.9 Å². The van der Waals surface area contributed by atoms with Gasteiger partial charge < -0.3 is 20.9 Å². The minimum Gasteiger partial charge on any atom is -0.493 e. The van der Waals surface area contributed by atoms with Crippen molar-refractivity contribution in [3.8, 4) is 5.75 Å². The maximum atomic E-state index is 14.6. The molecular formula is C27H30F2N4O4. The normalized spacial score (nSPS) is 25.5. The topological polar surface area (TPSA) is 117 Å². The number of rotatable bonds is 5. The average molecular weight is 513 g/mol. The number of hydrogen-bond acceptors (Lipinski definition) is 6. The third kappa shape index (κ3) is 4.03. The van der Waals surface area contributed by atoms with Crippen LogP contribution in [0.5, 0.6) is 5.75 Å². The van der Waals surface area contributed by atoms with Crippen LogP contribution in [0.15, 0.2) is 47.5 Å². The summed E-state index contributed by atoms with van der Waals surface area (Å²) in [5.41, 5.74) is 6.43. The highest BCUT2D eigenvalue weighted by atomic mass is 19.3. The van der Waals surface area contributed by atoms with Crippen molar-refractivity contribution in [2.75, 3.05) is 6.61 Å². The Kier molecular flexibility index (Phi) is 6.18. The highest BCUT2D eigenvalue weighted by Gasteiger charge is 2.54. The number of nitrogens with two attached hydrogens (primary N) is 1. The van der Waals surface area contributed by atoms with Crippen molar-refractivity contribution in [3.05, 3.63) is 64.7 Å². The molecule has 8 nitrogen and oxygen atoms in total. The van der Waals surface area contributed by atoms with Gasteiger partial charge >= 0.3 is 5.92 Å². The molecule has 0 saturated heterocycles. The van der Waals surface area contributed by atoms with Gasteiger partial charge in [0.2, 0.25) is 5.91 Å². The number of halogens is 2. The Hall–Kier alpha value is -3.53. The smallest absolute Gasteiger partial charge is 0.301 e. The lowest BCUT2D eigenvalue weighted by Crippen LogP contribution is -2.53. The summed E-state index contributed by atoms with van der Waals surface area (Å²) in [6, 6.07) is 8.74. The SMILES string of the molecule is CCC1(CC)CC(=O)N([C@@H]2CCOc3ccc(C(=O)N[C@H]4c5ccccc5C(F)(F)[C@@H]4O)cc32)C(N)=N1. The molecule has 0 radical (unpaired) electrons. The number of amides is 2. The van der Waals surface area contributed by atoms with Crippen LogP contribution in [0.2, 0.25) is 0 Å². The van der Waals surface area contributed by atoms with E-state index in [4.69, 9.17) is 10.5 Å². The first-order valence-electron chi connectivity index (χ1n) is 12.5. The molecule has 2 heterocycles. The fourth-order valence-corrected chi connectivity index (χ4v) is 5.60. The van der Waals surface area contributed by atoms with Crippen LogP contribution in [-0.2, 0) is 10.7 Å². The number of aliphatic hydroxyl groups is 1. The van der Waals surface area contributed by atoms with Crippen LogP contribution in [0, 0.1) is 0 Å². The Morgan fingerprint density at radius 3 is 2.65 bits per heavy atom. The Morgan fingerprint density at radius 1 is 1.22 bits per heavy atom. The van der Waals surface area contributed by atoms with Crippen LogP contribution < -0.4 is 15.8 Å². The van der Waals surface area contributed by atoms with Crippen LogP contribution in [-0.4, -0.2) is 46.0 Å². The molecule has 1 aliphatic carbocycles. The van der Waals surface area contributed by atoms with Gasteiger partial charge in [-0.1, -0.05) is 38.1 Å². The second kappa shape index (κ2) is 9.09. The minimum absolute atomic E-state index is 0.139. The molecule has 2 amide bonds. The van der Waals surface area contributed by atoms with Gasteiger partial charge in [0.25, 0.3) is 5.91 Å². The van der Waals surface area contributed by atoms with E-state index in [-0.39, 0.29) is 35.0 Å². The summed E-state index contributed by atoms with van der Waals surface area (Å²) in [7, 11) is 0. The van der Waals surface area contributed by atoms with E-state index in [2.05, 4.69) is 10.3 Å². The number of aliphatic imine (C=N–C) groups is 1. The highest BCUT2D eigenvalue weighted by molar-refractivity contribution is 6.00. The van der Waals surface area contributed by atoms with Crippen molar-refractivity contribution in [1.29, 1.82) is 0 Å². The first kappa shape index (κ1) is 25.1. The Morgan fingerprint density at radius 2 is 1.95 bits per heavy atom. The molecule has 3 atom stereocenters. The number of benzene rings is 2. The van der Waals surface area contributed by atoms with E-state index in [0.717, 1.165) is 0 Å². The zero-order valence-electron chi connectivity index (χ0n) is 20.7. The molecule has 0 spiro atoms. The van der Waals surface area contributed by atoms with Gasteiger partial charge in [-0.3, -0.25) is 14.5 Å². The monoisotopic (exact) mass is 512 g/mol. The number of nitrogens with zero attached hydrogens (tertiary/aromatic N) is 2. The van der Waals surface area contributed by atoms with Gasteiger partial charge in [-0.25, -0.2) is 4.99 Å². The number of hydrogen-bond donors (Lipinski definition) is 3. The van der Waals surface area contributed by atoms with E-state index in [9.17, 15) is 23.5 Å². The van der Waals surface area contributed by atoms with Crippen LogP contribution in [0.4, 0.5) is 8.78 Å². The summed E-state index contributed by atoms with van der Waals surface area (Å²) in [5, 5.41) is 12.9. The lowest BCUT2D eigenvalue weighted by atomic mass is 9.87. The van der Waals surface area contributed by atoms with E-state index in [1.165, 1.54) is 29.2 Å². The molecule has 3 aliphatic rings. The number of fused-ring (bicyclic) bond motifs is 2. The third-order valence-electron chi connectivity index (χ3n) is 7.88. The van der Waals surface area contributed by atoms with Crippen LogP contribution in [0.1, 0.15) is 78.7 Å². The Bertz CT molecular complexity index is 1280. The number of alkyl halides is 2. The number of guanidine groups is 1. The van der Waals surface area contributed by atoms with E-state index in [0.29, 0.717) is 37.2 Å². The van der Waals surface area contributed by atoms with E-state index in [1.807, 2.05) is 13.8 Å². The van der Waals surface area contributed by atoms with Crippen LogP contribution in [0.25, 0.3) is 0 Å². The van der Waals surface area contributed by atoms with Crippen molar-refractivity contribution < 1.29 is 28.2 Å². The predicted octanol–water partition coefficient (Wildman–Crippen LogP) is 3.55. The van der Waals surface area contributed by atoms with E-state index >= 15 is 0 Å². The largest absolute Gasteiger partial charge is 0.493 e. The van der Waals surface area contributed by atoms with Crippen LogP contribution in [0.3, 0.4) is 0 Å². The van der Waals surface area contributed by atoms with Crippen molar-refractivity contribution >= 4 is 17.8 Å². The Balaban J connectivity index is 1.44. The van der Waals surface area contributed by atoms with Crippen LogP contribution >= 0.6 is 0 Å². The lowest BCUT2D eigenvalue weighted by Gasteiger charge is -2.41. The van der Waals surface area contributed by atoms with Crippen molar-refractivity contribution in [2.45, 2.75) is 69.2 Å². The van der Waals surface area contributed by atoms with E-state index < -0.39 is 35.6 Å². The van der Waals surface area contributed by atoms with Crippen molar-refractivity contribution in [3.63, 3.8) is 0 Å². The van der Waals surface area contributed by atoms with Gasteiger partial charge in [0.05, 0.1) is 30.7 Å². The predicted molar refractivity (Wildman–Crippen MR) is 132 cm³/mol. The first-order chi connectivity index (χ1) is 17.6. The van der Waals surface area contributed by atoms with Gasteiger partial charge in [-0.2, -0.15) is 8.78 Å². The zero-order chi connectivity index (χ0) is 26.5. The number of carbonyl (C=O) groups is 2. The molecule has 0 saturated carbocycles. The quantitative estimate of drug-likeness (QED) is 0.567. The molecule has 0 unspecified atom stereocenters. The third-order valence-corrected chi connectivity index (χ3v) is 7.88. The second-order valence-corrected chi connectivity index (χ2v) is 9.85. The van der Waals surface area contributed by atoms with Crippen molar-refractivity contribution in [2.24, 2.45) is 10.7 Å². The molecule has 2 aliphatic heterocycles. The molecule has 0 aromatic heterocycles. The highest BCUT2D eigenvalue weighted by Crippen LogP contribution is 2.47. The summed E-state index contributed by atoms with van der Waals surface area (Å²) in [6.07, 6.45) is -0.0316. The van der Waals surface area contributed by atoms with Gasteiger partial charge in [0.15, 0.2) is 5.96 Å². The molecule has 0 fully saturated rings. The van der Waals surface area contributed by atoms with Gasteiger partial charge in [0, 0.05) is 23.1 Å². The lowest BCUT2D eigenvalue weighted by molar-refractivity contribution is -0.132. The number of carbonyl (C=O) groups excluding carboxylic acids is 2. The molecule has 2 aromatic rings. The number of ether oxygens (including phenoxy) is 1. The van der Waals surface area contributed by atoms with Crippen molar-refractivity contribution in [1.82, 2.24) is 10.2 Å².